The lowest BCUT2D eigenvalue weighted by Gasteiger charge is -2.34. The van der Waals surface area contributed by atoms with Crippen molar-refractivity contribution in [1.29, 1.82) is 0 Å². The maximum atomic E-state index is 12.6. The summed E-state index contributed by atoms with van der Waals surface area (Å²) in [5.41, 5.74) is 0.847. The molecule has 2 N–H and O–H groups in total. The number of hydrogen-bond acceptors (Lipinski definition) is 5. The van der Waals surface area contributed by atoms with Gasteiger partial charge in [-0.1, -0.05) is 0 Å². The molecule has 1 saturated heterocycles. The lowest BCUT2D eigenvalue weighted by molar-refractivity contribution is -0.152. The van der Waals surface area contributed by atoms with Gasteiger partial charge in [-0.15, -0.1) is 11.3 Å². The Bertz CT molecular complexity index is 837. The SMILES string of the molecule is Cc1nn(C)c2sc(C(=O)NC(C)C(=O)N3CCCCC3C(=O)O)cc12. The predicted octanol–water partition coefficient (Wildman–Crippen LogP) is 1.53. The van der Waals surface area contributed by atoms with Crippen LogP contribution in [-0.4, -0.2) is 56.2 Å². The molecule has 26 heavy (non-hydrogen) atoms. The Morgan fingerprint density at radius 3 is 2.77 bits per heavy atom. The number of amides is 2. The van der Waals surface area contributed by atoms with E-state index in [1.807, 2.05) is 14.0 Å². The molecule has 2 aromatic heterocycles. The summed E-state index contributed by atoms with van der Waals surface area (Å²) in [6.45, 7) is 3.88. The van der Waals surface area contributed by atoms with Gasteiger partial charge in [-0.3, -0.25) is 14.3 Å². The molecule has 0 radical (unpaired) electrons. The Morgan fingerprint density at radius 1 is 1.38 bits per heavy atom. The maximum absolute atomic E-state index is 12.6. The van der Waals surface area contributed by atoms with Crippen molar-refractivity contribution in [2.24, 2.45) is 7.05 Å². The molecular weight excluding hydrogens is 356 g/mol. The molecule has 0 aliphatic carbocycles. The van der Waals surface area contributed by atoms with Crippen molar-refractivity contribution in [3.63, 3.8) is 0 Å². The number of piperidine rings is 1. The number of nitrogens with one attached hydrogen (secondary N) is 1. The number of aromatic nitrogens is 2. The maximum Gasteiger partial charge on any atom is 0.326 e. The van der Waals surface area contributed by atoms with E-state index < -0.39 is 18.1 Å². The summed E-state index contributed by atoms with van der Waals surface area (Å²) < 4.78 is 1.73. The normalized spacial score (nSPS) is 18.7. The Labute approximate surface area is 154 Å². The summed E-state index contributed by atoms with van der Waals surface area (Å²) in [5.74, 6) is -1.69. The van der Waals surface area contributed by atoms with Crippen LogP contribution >= 0.6 is 11.3 Å². The predicted molar refractivity (Wildman–Crippen MR) is 97.2 cm³/mol. The molecule has 0 saturated carbocycles. The number of hydrogen-bond donors (Lipinski definition) is 2. The number of likely N-dealkylation sites (tertiary alicyclic amines) is 1. The molecule has 0 bridgehead atoms. The van der Waals surface area contributed by atoms with Crippen molar-refractivity contribution in [2.75, 3.05) is 6.54 Å². The highest BCUT2D eigenvalue weighted by molar-refractivity contribution is 7.20. The third kappa shape index (κ3) is 3.31. The molecule has 140 valence electrons. The molecule has 2 unspecified atom stereocenters. The number of carboxylic acid groups (broad SMARTS) is 1. The van der Waals surface area contributed by atoms with Crippen LogP contribution in [0.4, 0.5) is 0 Å². The highest BCUT2D eigenvalue weighted by Crippen LogP contribution is 2.27. The fourth-order valence-corrected chi connectivity index (χ4v) is 4.37. The standard InChI is InChI=1S/C17H22N4O4S/c1-9-11-8-13(26-16(11)20(3)19-9)14(22)18-10(2)15(23)21-7-5-4-6-12(21)17(24)25/h8,10,12H,4-7H2,1-3H3,(H,18,22)(H,24,25). The Hall–Kier alpha value is -2.42. The zero-order valence-electron chi connectivity index (χ0n) is 15.0. The van der Waals surface area contributed by atoms with E-state index in [2.05, 4.69) is 10.4 Å². The summed E-state index contributed by atoms with van der Waals surface area (Å²) in [6, 6.07) is 0.177. The highest BCUT2D eigenvalue weighted by atomic mass is 32.1. The molecule has 8 nitrogen and oxygen atoms in total. The smallest absolute Gasteiger partial charge is 0.326 e. The first-order chi connectivity index (χ1) is 12.3. The van der Waals surface area contributed by atoms with E-state index in [-0.39, 0.29) is 11.8 Å². The van der Waals surface area contributed by atoms with Crippen molar-refractivity contribution in [3.05, 3.63) is 16.6 Å². The first-order valence-corrected chi connectivity index (χ1v) is 9.38. The van der Waals surface area contributed by atoms with Crippen LogP contribution in [-0.2, 0) is 16.6 Å². The van der Waals surface area contributed by atoms with Crippen molar-refractivity contribution in [1.82, 2.24) is 20.0 Å². The third-order valence-corrected chi connectivity index (χ3v) is 5.91. The minimum Gasteiger partial charge on any atom is -0.480 e. The number of fused-ring (bicyclic) bond motifs is 1. The van der Waals surface area contributed by atoms with E-state index >= 15 is 0 Å². The Balaban J connectivity index is 1.72. The van der Waals surface area contributed by atoms with Crippen LogP contribution in [0.25, 0.3) is 10.2 Å². The van der Waals surface area contributed by atoms with Crippen molar-refractivity contribution < 1.29 is 19.5 Å². The molecule has 2 aromatic rings. The van der Waals surface area contributed by atoms with Gasteiger partial charge < -0.3 is 15.3 Å². The fraction of sp³-hybridized carbons (Fsp3) is 0.529. The summed E-state index contributed by atoms with van der Waals surface area (Å²) >= 11 is 1.32. The molecule has 1 aliphatic heterocycles. The third-order valence-electron chi connectivity index (χ3n) is 4.71. The van der Waals surface area contributed by atoms with Crippen LogP contribution in [0.1, 0.15) is 41.6 Å². The largest absolute Gasteiger partial charge is 0.480 e. The van der Waals surface area contributed by atoms with Gasteiger partial charge in [-0.05, 0) is 39.2 Å². The van der Waals surface area contributed by atoms with Gasteiger partial charge >= 0.3 is 5.97 Å². The molecule has 0 aromatic carbocycles. The number of thiophene rings is 1. The first kappa shape index (κ1) is 18.4. The number of aryl methyl sites for hydroxylation is 2. The summed E-state index contributed by atoms with van der Waals surface area (Å²) in [4.78, 5) is 39.3. The van der Waals surface area contributed by atoms with Gasteiger partial charge in [0.15, 0.2) is 0 Å². The monoisotopic (exact) mass is 378 g/mol. The number of carbonyl (C=O) groups is 3. The van der Waals surface area contributed by atoms with Crippen LogP contribution in [0.15, 0.2) is 6.07 Å². The van der Waals surface area contributed by atoms with Gasteiger partial charge in [-0.25, -0.2) is 4.79 Å². The highest BCUT2D eigenvalue weighted by Gasteiger charge is 2.34. The van der Waals surface area contributed by atoms with Gasteiger partial charge in [-0.2, -0.15) is 5.10 Å². The fourth-order valence-electron chi connectivity index (χ4n) is 3.35. The molecule has 1 aliphatic rings. The zero-order valence-corrected chi connectivity index (χ0v) is 15.8. The lowest BCUT2D eigenvalue weighted by atomic mass is 10.0. The van der Waals surface area contributed by atoms with Crippen LogP contribution in [0.3, 0.4) is 0 Å². The molecule has 2 amide bonds. The number of nitrogens with zero attached hydrogens (tertiary/aromatic N) is 3. The molecular formula is C17H22N4O4S. The van der Waals surface area contributed by atoms with Crippen LogP contribution in [0, 0.1) is 6.92 Å². The minimum absolute atomic E-state index is 0.338. The number of carboxylic acids is 1. The quantitative estimate of drug-likeness (QED) is 0.839. The van der Waals surface area contributed by atoms with E-state index in [0.29, 0.717) is 17.8 Å². The van der Waals surface area contributed by atoms with E-state index in [9.17, 15) is 19.5 Å². The lowest BCUT2D eigenvalue weighted by Crippen LogP contribution is -2.54. The van der Waals surface area contributed by atoms with Gasteiger partial charge in [0.05, 0.1) is 10.6 Å². The molecule has 1 fully saturated rings. The summed E-state index contributed by atoms with van der Waals surface area (Å²) in [6.07, 6.45) is 2.01. The zero-order chi connectivity index (χ0) is 19.0. The average molecular weight is 378 g/mol. The minimum atomic E-state index is -0.996. The van der Waals surface area contributed by atoms with Crippen molar-refractivity contribution in [3.8, 4) is 0 Å². The van der Waals surface area contributed by atoms with Gasteiger partial charge in [0.25, 0.3) is 5.91 Å². The van der Waals surface area contributed by atoms with Gasteiger partial charge in [0.1, 0.15) is 16.9 Å². The molecule has 3 heterocycles. The van der Waals surface area contributed by atoms with E-state index in [0.717, 1.165) is 28.8 Å². The second-order valence-electron chi connectivity index (χ2n) is 6.62. The summed E-state index contributed by atoms with van der Waals surface area (Å²) in [7, 11) is 1.82. The van der Waals surface area contributed by atoms with E-state index in [4.69, 9.17) is 0 Å². The molecule has 9 heteroatoms. The molecule has 0 spiro atoms. The van der Waals surface area contributed by atoms with E-state index in [1.165, 1.54) is 16.2 Å². The number of aliphatic carboxylic acids is 1. The van der Waals surface area contributed by atoms with Crippen LogP contribution in [0.5, 0.6) is 0 Å². The summed E-state index contributed by atoms with van der Waals surface area (Å²) in [5, 5.41) is 17.2. The van der Waals surface area contributed by atoms with Crippen molar-refractivity contribution in [2.45, 2.75) is 45.2 Å². The molecule has 2 atom stereocenters. The van der Waals surface area contributed by atoms with Gasteiger partial charge in [0.2, 0.25) is 5.91 Å². The van der Waals surface area contributed by atoms with Gasteiger partial charge in [0, 0.05) is 19.0 Å². The topological polar surface area (TPSA) is 105 Å². The first-order valence-electron chi connectivity index (χ1n) is 8.57. The second kappa shape index (κ2) is 7.06. The Morgan fingerprint density at radius 2 is 2.12 bits per heavy atom. The van der Waals surface area contributed by atoms with Crippen LogP contribution < -0.4 is 5.32 Å². The van der Waals surface area contributed by atoms with E-state index in [1.54, 1.807) is 17.7 Å². The van der Waals surface area contributed by atoms with Crippen LogP contribution in [0.2, 0.25) is 0 Å². The number of carbonyl (C=O) groups excluding carboxylic acids is 2. The van der Waals surface area contributed by atoms with Crippen molar-refractivity contribution >= 4 is 39.3 Å². The number of rotatable bonds is 4. The molecule has 3 rings (SSSR count). The average Bonchev–Trinajstić information content (AvgIpc) is 3.16. The second-order valence-corrected chi connectivity index (χ2v) is 7.65. The Kier molecular flexibility index (Phi) is 4.99.